The third-order valence-corrected chi connectivity index (χ3v) is 10.6. The van der Waals surface area contributed by atoms with Gasteiger partial charge >= 0.3 is 0 Å². The molecule has 0 saturated carbocycles. The lowest BCUT2D eigenvalue weighted by molar-refractivity contribution is -0.141. The molecule has 0 saturated heterocycles. The third-order valence-electron chi connectivity index (χ3n) is 10.6. The largest absolute Gasteiger partial charge is 0.387 e. The molecular formula is C47H53F2N9O9. The standard InChI is InChI=1S/C47H53F2N9O9/c1-47(2,3)44(37-22-31(33-23-32(48)9-10-34(33)49)26-56(37)25-30-7-5-4-6-8-30)57(43(65)28-59)20-15-35(45(66)53-19-18-52-40(62)27-58-41(63)11-12-42(58)64)55-46(67)36(24-38(50)60)54-39(61)21-29-13-16-51-17-14-29/h4-14,16-17,22-23,26,35-36,44,59H,15,18-21,24-25,27-28H2,1-3H3,(H2,50,60)(H,52,62)(H,53,66)(H,54,61)(H,55,67)/t35-,36-,44?/m0/s1. The van der Waals surface area contributed by atoms with E-state index in [1.165, 1.54) is 17.3 Å². The molecule has 0 radical (unpaired) electrons. The summed E-state index contributed by atoms with van der Waals surface area (Å²) in [6.45, 7) is 3.45. The number of aliphatic hydroxyl groups excluding tert-OH is 1. The lowest BCUT2D eigenvalue weighted by atomic mass is 9.82. The van der Waals surface area contributed by atoms with Crippen molar-refractivity contribution < 1.29 is 52.2 Å². The summed E-state index contributed by atoms with van der Waals surface area (Å²) in [6.07, 6.45) is 5.45. The molecule has 18 nitrogen and oxygen atoms in total. The van der Waals surface area contributed by atoms with Crippen molar-refractivity contribution in [3.8, 4) is 11.1 Å². The molecule has 1 aliphatic rings. The number of pyridine rings is 1. The molecule has 0 fully saturated rings. The number of nitrogens with zero attached hydrogens (tertiary/aromatic N) is 4. The Bertz CT molecular complexity index is 2480. The first-order valence-electron chi connectivity index (χ1n) is 21.3. The molecule has 3 heterocycles. The number of carbonyl (C=O) groups is 8. The average molecular weight is 926 g/mol. The number of hydrogen-bond donors (Lipinski definition) is 6. The third kappa shape index (κ3) is 14.2. The Morgan fingerprint density at radius 3 is 2.13 bits per heavy atom. The summed E-state index contributed by atoms with van der Waals surface area (Å²) in [5, 5.41) is 20.5. The lowest BCUT2D eigenvalue weighted by Crippen LogP contribution is -2.56. The molecule has 0 spiro atoms. The van der Waals surface area contributed by atoms with Crippen molar-refractivity contribution in [2.24, 2.45) is 11.1 Å². The number of nitrogens with two attached hydrogens (primary N) is 1. The zero-order chi connectivity index (χ0) is 48.8. The van der Waals surface area contributed by atoms with Crippen LogP contribution in [0.4, 0.5) is 8.78 Å². The van der Waals surface area contributed by atoms with E-state index in [0.717, 1.165) is 40.8 Å². The molecule has 354 valence electrons. The quantitative estimate of drug-likeness (QED) is 0.0488. The molecule has 2 aromatic heterocycles. The monoisotopic (exact) mass is 925 g/mol. The second kappa shape index (κ2) is 23.0. The maximum atomic E-state index is 15.3. The summed E-state index contributed by atoms with van der Waals surface area (Å²) in [5.74, 6) is -7.57. The van der Waals surface area contributed by atoms with Crippen LogP contribution in [0.2, 0.25) is 0 Å². The van der Waals surface area contributed by atoms with Crippen molar-refractivity contribution in [3.05, 3.63) is 126 Å². The first-order chi connectivity index (χ1) is 31.8. The Morgan fingerprint density at radius 1 is 0.821 bits per heavy atom. The predicted molar refractivity (Wildman–Crippen MR) is 238 cm³/mol. The smallest absolute Gasteiger partial charge is 0.254 e. The number of aromatic nitrogens is 2. The summed E-state index contributed by atoms with van der Waals surface area (Å²) < 4.78 is 31.6. The van der Waals surface area contributed by atoms with Gasteiger partial charge in [-0.1, -0.05) is 51.1 Å². The number of benzene rings is 2. The molecule has 2 aromatic carbocycles. The maximum absolute atomic E-state index is 15.3. The van der Waals surface area contributed by atoms with Crippen LogP contribution in [-0.2, 0) is 51.3 Å². The van der Waals surface area contributed by atoms with Gasteiger partial charge < -0.3 is 41.6 Å². The van der Waals surface area contributed by atoms with Gasteiger partial charge in [-0.15, -0.1) is 0 Å². The van der Waals surface area contributed by atoms with Crippen molar-refractivity contribution in [3.63, 3.8) is 0 Å². The Labute approximate surface area is 385 Å². The normalized spacial score (nSPS) is 13.7. The molecule has 0 bridgehead atoms. The van der Waals surface area contributed by atoms with Gasteiger partial charge in [-0.2, -0.15) is 0 Å². The van der Waals surface area contributed by atoms with Gasteiger partial charge in [-0.05, 0) is 59.4 Å². The average Bonchev–Trinajstić information content (AvgIpc) is 3.83. The molecule has 8 amide bonds. The highest BCUT2D eigenvalue weighted by atomic mass is 19.1. The number of aliphatic hydroxyl groups is 1. The van der Waals surface area contributed by atoms with Crippen LogP contribution in [0.5, 0.6) is 0 Å². The Morgan fingerprint density at radius 2 is 1.49 bits per heavy atom. The van der Waals surface area contributed by atoms with E-state index in [0.29, 0.717) is 16.8 Å². The molecule has 4 aromatic rings. The number of nitrogens with one attached hydrogen (secondary N) is 4. The number of carbonyl (C=O) groups excluding carboxylic acids is 8. The number of primary amides is 1. The minimum absolute atomic E-state index is 0.0372. The second-order valence-electron chi connectivity index (χ2n) is 16.8. The number of amides is 8. The van der Waals surface area contributed by atoms with E-state index in [1.54, 1.807) is 29.0 Å². The minimum Gasteiger partial charge on any atom is -0.387 e. The zero-order valence-electron chi connectivity index (χ0n) is 37.2. The van der Waals surface area contributed by atoms with Gasteiger partial charge in [-0.3, -0.25) is 48.2 Å². The molecule has 67 heavy (non-hydrogen) atoms. The van der Waals surface area contributed by atoms with Crippen LogP contribution in [0.25, 0.3) is 11.1 Å². The fourth-order valence-electron chi connectivity index (χ4n) is 7.55. The molecule has 5 rings (SSSR count). The van der Waals surface area contributed by atoms with E-state index < -0.39 is 102 Å². The zero-order valence-corrected chi connectivity index (χ0v) is 37.2. The van der Waals surface area contributed by atoms with Crippen molar-refractivity contribution in [2.75, 3.05) is 32.8 Å². The Kier molecular flexibility index (Phi) is 17.3. The number of halogens is 2. The van der Waals surface area contributed by atoms with Gasteiger partial charge in [0, 0.05) is 73.7 Å². The van der Waals surface area contributed by atoms with Crippen molar-refractivity contribution in [2.45, 2.75) is 64.7 Å². The van der Waals surface area contributed by atoms with Crippen LogP contribution in [0.1, 0.15) is 56.5 Å². The van der Waals surface area contributed by atoms with Crippen LogP contribution in [0.15, 0.2) is 97.5 Å². The first kappa shape index (κ1) is 50.4. The number of hydrogen-bond acceptors (Lipinski definition) is 10. The Balaban J connectivity index is 1.45. The van der Waals surface area contributed by atoms with E-state index in [-0.39, 0.29) is 44.6 Å². The van der Waals surface area contributed by atoms with Crippen LogP contribution >= 0.6 is 0 Å². The number of rotatable bonds is 22. The van der Waals surface area contributed by atoms with Gasteiger partial charge in [0.2, 0.25) is 35.4 Å². The summed E-state index contributed by atoms with van der Waals surface area (Å²) in [4.78, 5) is 109. The lowest BCUT2D eigenvalue weighted by Gasteiger charge is -2.41. The molecule has 1 unspecified atom stereocenters. The highest BCUT2D eigenvalue weighted by molar-refractivity contribution is 6.14. The predicted octanol–water partition coefficient (Wildman–Crippen LogP) is 1.42. The van der Waals surface area contributed by atoms with Gasteiger partial charge in [0.15, 0.2) is 0 Å². The molecule has 20 heteroatoms. The molecule has 7 N–H and O–H groups in total. The van der Waals surface area contributed by atoms with E-state index in [2.05, 4.69) is 26.3 Å². The summed E-state index contributed by atoms with van der Waals surface area (Å²) in [7, 11) is 0. The van der Waals surface area contributed by atoms with E-state index in [4.69, 9.17) is 5.73 Å². The summed E-state index contributed by atoms with van der Waals surface area (Å²) in [5.41, 5.74) is 6.73. The minimum atomic E-state index is -1.55. The van der Waals surface area contributed by atoms with Crippen LogP contribution in [-0.4, -0.2) is 117 Å². The molecular weight excluding hydrogens is 873 g/mol. The SMILES string of the molecule is CC(C)(C)C(c1cc(-c2cc(F)ccc2F)cn1Cc1ccccc1)N(CC[C@H](NC(=O)[C@H](CC(N)=O)NC(=O)Cc1ccncc1)C(=O)NCCNC(=O)CN1C(=O)C=CC1=O)C(=O)CO. The van der Waals surface area contributed by atoms with Crippen LogP contribution < -0.4 is 27.0 Å². The molecule has 3 atom stereocenters. The second-order valence-corrected chi connectivity index (χ2v) is 16.8. The van der Waals surface area contributed by atoms with E-state index in [9.17, 15) is 47.9 Å². The van der Waals surface area contributed by atoms with Gasteiger partial charge in [-0.25, -0.2) is 8.78 Å². The number of imide groups is 1. The van der Waals surface area contributed by atoms with E-state index in [1.807, 2.05) is 51.1 Å². The highest BCUT2D eigenvalue weighted by Crippen LogP contribution is 2.41. The van der Waals surface area contributed by atoms with E-state index >= 15 is 4.39 Å². The fourth-order valence-corrected chi connectivity index (χ4v) is 7.55. The fraction of sp³-hybridized carbons (Fsp3) is 0.340. The Hall–Kier alpha value is -7.61. The van der Waals surface area contributed by atoms with Gasteiger partial charge in [0.1, 0.15) is 36.9 Å². The highest BCUT2D eigenvalue weighted by Gasteiger charge is 2.38. The van der Waals surface area contributed by atoms with Crippen molar-refractivity contribution in [1.29, 1.82) is 0 Å². The molecule has 0 aliphatic carbocycles. The van der Waals surface area contributed by atoms with Crippen LogP contribution in [0, 0.1) is 17.0 Å². The van der Waals surface area contributed by atoms with Crippen LogP contribution in [0.3, 0.4) is 0 Å². The summed E-state index contributed by atoms with van der Waals surface area (Å²) in [6, 6.07) is 13.1. The topological polar surface area (TPSA) is 255 Å². The van der Waals surface area contributed by atoms with Crippen molar-refractivity contribution >= 4 is 47.3 Å². The molecule has 1 aliphatic heterocycles. The van der Waals surface area contributed by atoms with Gasteiger partial charge in [0.05, 0.1) is 18.9 Å². The maximum Gasteiger partial charge on any atom is 0.254 e. The summed E-state index contributed by atoms with van der Waals surface area (Å²) >= 11 is 0. The first-order valence-corrected chi connectivity index (χ1v) is 21.3. The van der Waals surface area contributed by atoms with Crippen molar-refractivity contribution in [1.82, 2.24) is 40.6 Å². The van der Waals surface area contributed by atoms with Gasteiger partial charge in [0.25, 0.3) is 11.8 Å².